The molecule has 0 spiro atoms. The summed E-state index contributed by atoms with van der Waals surface area (Å²) in [5.74, 6) is 1.72. The summed E-state index contributed by atoms with van der Waals surface area (Å²) >= 11 is 0. The zero-order valence-corrected chi connectivity index (χ0v) is 47.2. The van der Waals surface area contributed by atoms with E-state index in [4.69, 9.17) is 14.7 Å². The number of nitrogens with one attached hydrogen (secondary N) is 3. The van der Waals surface area contributed by atoms with Gasteiger partial charge in [-0.2, -0.15) is 9.97 Å². The van der Waals surface area contributed by atoms with Crippen LogP contribution in [0.2, 0.25) is 0 Å². The van der Waals surface area contributed by atoms with Gasteiger partial charge in [-0.05, 0) is 115 Å². The van der Waals surface area contributed by atoms with Crippen LogP contribution in [0.25, 0.3) is 22.1 Å². The summed E-state index contributed by atoms with van der Waals surface area (Å²) in [6.07, 6.45) is 19.0. The molecule has 4 bridgehead atoms. The van der Waals surface area contributed by atoms with Crippen LogP contribution in [0.3, 0.4) is 0 Å². The first-order valence-electron chi connectivity index (χ1n) is 28.4. The predicted molar refractivity (Wildman–Crippen MR) is 329 cm³/mol. The first-order chi connectivity index (χ1) is 38.3. The fourth-order valence-electron chi connectivity index (χ4n) is 12.7. The Bertz CT molecular complexity index is 3310. The molecule has 4 saturated heterocycles. The molecule has 6 aromatic rings. The minimum atomic E-state index is -0.562. The van der Waals surface area contributed by atoms with Gasteiger partial charge in [0, 0.05) is 114 Å². The predicted octanol–water partition coefficient (Wildman–Crippen LogP) is 10.4. The van der Waals surface area contributed by atoms with Crippen LogP contribution in [0.5, 0.6) is 0 Å². The number of ether oxygens (including phenoxy) is 1. The Morgan fingerprint density at radius 3 is 1.50 bits per heavy atom. The highest BCUT2D eigenvalue weighted by Gasteiger charge is 2.46. The van der Waals surface area contributed by atoms with Crippen molar-refractivity contribution in [2.75, 3.05) is 65.0 Å². The van der Waals surface area contributed by atoms with Crippen molar-refractivity contribution in [3.8, 4) is 0 Å². The first-order valence-corrected chi connectivity index (χ1v) is 28.4. The minimum Gasteiger partial charge on any atom is -0.444 e. The van der Waals surface area contributed by atoms with Gasteiger partial charge in [0.15, 0.2) is 0 Å². The second kappa shape index (κ2) is 26.0. The quantitative estimate of drug-likeness (QED) is 0.116. The Morgan fingerprint density at radius 1 is 0.571 bits per heavy atom. The lowest BCUT2D eigenvalue weighted by Gasteiger charge is -2.41. The summed E-state index contributed by atoms with van der Waals surface area (Å²) in [5.41, 5.74) is 4.08. The van der Waals surface area contributed by atoms with Crippen molar-refractivity contribution in [2.24, 2.45) is 0 Å². The SMILES string of the molecule is C.C.C.C.CN(C)C(=O)c1cc2cnc(Nc3ccc(C(=O)N4CC5CCC(C4)N5)cn3)nc2n1C1CCCC1.Cc1cc(Nc2ncc3cc(C(=O)N(C)C)n(C4CCCC4)c3n2)ncc1C(=O)N1CC2CCC(C1)N2C(=O)OC(C)(C)C. The van der Waals surface area contributed by atoms with Gasteiger partial charge in [-0.15, -0.1) is 0 Å². The van der Waals surface area contributed by atoms with E-state index >= 15 is 0 Å². The van der Waals surface area contributed by atoms with Gasteiger partial charge < -0.3 is 49.4 Å². The van der Waals surface area contributed by atoms with Gasteiger partial charge in [0.05, 0.1) is 23.2 Å². The molecule has 2 saturated carbocycles. The molecule has 4 unspecified atom stereocenters. The average molecular weight is 1160 g/mol. The summed E-state index contributed by atoms with van der Waals surface area (Å²) in [4.78, 5) is 102. The largest absolute Gasteiger partial charge is 0.444 e. The molecule has 0 aromatic carbocycles. The Morgan fingerprint density at radius 2 is 1.05 bits per heavy atom. The molecule has 4 aliphatic heterocycles. The molecule has 12 rings (SSSR count). The summed E-state index contributed by atoms with van der Waals surface area (Å²) in [6, 6.07) is 10.4. The zero-order chi connectivity index (χ0) is 56.1. The van der Waals surface area contributed by atoms with E-state index in [0.717, 1.165) is 118 Å². The highest BCUT2D eigenvalue weighted by Crippen LogP contribution is 2.38. The molecule has 6 fully saturated rings. The van der Waals surface area contributed by atoms with E-state index in [2.05, 4.69) is 45.0 Å². The van der Waals surface area contributed by atoms with Crippen LogP contribution >= 0.6 is 0 Å². The number of amides is 5. The van der Waals surface area contributed by atoms with Crippen molar-refractivity contribution in [3.05, 3.63) is 83.2 Å². The van der Waals surface area contributed by atoms with E-state index in [9.17, 15) is 24.0 Å². The van der Waals surface area contributed by atoms with E-state index in [0.29, 0.717) is 71.2 Å². The lowest BCUT2D eigenvalue weighted by Crippen LogP contribution is -2.58. The van der Waals surface area contributed by atoms with Crippen LogP contribution in [0, 0.1) is 6.92 Å². The maximum Gasteiger partial charge on any atom is 0.410 e. The topological polar surface area (TPSA) is 234 Å². The van der Waals surface area contributed by atoms with E-state index in [1.807, 2.05) is 60.6 Å². The van der Waals surface area contributed by atoms with Crippen LogP contribution in [0.1, 0.15) is 187 Å². The number of nitrogens with zero attached hydrogens (tertiary/aromatic N) is 13. The highest BCUT2D eigenvalue weighted by atomic mass is 16.6. The first kappa shape index (κ1) is 63.8. The molecule has 84 heavy (non-hydrogen) atoms. The summed E-state index contributed by atoms with van der Waals surface area (Å²) in [7, 11) is 7.05. The molecule has 22 nitrogen and oxygen atoms in total. The monoisotopic (exact) mass is 1150 g/mol. The lowest BCUT2D eigenvalue weighted by molar-refractivity contribution is -0.00339. The number of likely N-dealkylation sites (tertiary alicyclic amines) is 2. The smallest absolute Gasteiger partial charge is 0.410 e. The maximum atomic E-state index is 13.6. The third-order valence-corrected chi connectivity index (χ3v) is 16.5. The Kier molecular flexibility index (Phi) is 19.8. The van der Waals surface area contributed by atoms with Crippen molar-refractivity contribution >= 4 is 75.3 Å². The second-order valence-electron chi connectivity index (χ2n) is 23.9. The number of aryl methyl sites for hydroxylation is 1. The number of hydrogen-bond donors (Lipinski definition) is 3. The molecule has 6 aromatic heterocycles. The fourth-order valence-corrected chi connectivity index (χ4v) is 12.7. The third kappa shape index (κ3) is 13.1. The van der Waals surface area contributed by atoms with E-state index in [1.54, 1.807) is 74.9 Å². The van der Waals surface area contributed by atoms with Gasteiger partial charge in [-0.3, -0.25) is 24.1 Å². The molecular formula is C62H90N16O6. The van der Waals surface area contributed by atoms with E-state index in [1.165, 1.54) is 0 Å². The molecule has 22 heteroatoms. The number of carbonyl (C=O) groups excluding carboxylic acids is 5. The zero-order valence-electron chi connectivity index (χ0n) is 47.2. The van der Waals surface area contributed by atoms with Gasteiger partial charge in [-0.1, -0.05) is 55.4 Å². The van der Waals surface area contributed by atoms with E-state index in [-0.39, 0.29) is 83.6 Å². The van der Waals surface area contributed by atoms with E-state index < -0.39 is 5.60 Å². The van der Waals surface area contributed by atoms with Crippen LogP contribution in [0.4, 0.5) is 28.3 Å². The number of carbonyl (C=O) groups is 5. The number of hydrogen-bond acceptors (Lipinski definition) is 15. The molecule has 0 radical (unpaired) electrons. The normalized spacial score (nSPS) is 20.0. The van der Waals surface area contributed by atoms with Crippen LogP contribution in [0.15, 0.2) is 55.1 Å². The van der Waals surface area contributed by atoms with Gasteiger partial charge in [-0.25, -0.2) is 24.7 Å². The average Bonchev–Trinajstić information content (AvgIpc) is 2.37. The van der Waals surface area contributed by atoms with Crippen LogP contribution < -0.4 is 16.0 Å². The molecule has 5 amide bonds. The van der Waals surface area contributed by atoms with Crippen molar-refractivity contribution in [1.29, 1.82) is 0 Å². The third-order valence-electron chi connectivity index (χ3n) is 16.5. The molecule has 3 N–H and O–H groups in total. The van der Waals surface area contributed by atoms with Crippen molar-refractivity contribution in [3.63, 3.8) is 0 Å². The Labute approximate surface area is 495 Å². The molecular weight excluding hydrogens is 1060 g/mol. The minimum absolute atomic E-state index is 0. The number of rotatable bonds is 10. The number of fused-ring (bicyclic) bond motifs is 6. The Hall–Kier alpha value is -7.75. The van der Waals surface area contributed by atoms with Gasteiger partial charge >= 0.3 is 6.09 Å². The van der Waals surface area contributed by atoms with Crippen molar-refractivity contribution < 1.29 is 28.7 Å². The van der Waals surface area contributed by atoms with Crippen molar-refractivity contribution in [2.45, 2.75) is 176 Å². The molecule has 6 aliphatic rings. The number of piperazine rings is 2. The summed E-state index contributed by atoms with van der Waals surface area (Å²) in [6.45, 7) is 9.93. The fraction of sp³-hybridized carbons (Fsp3) is 0.565. The summed E-state index contributed by atoms with van der Waals surface area (Å²) < 4.78 is 9.80. The highest BCUT2D eigenvalue weighted by molar-refractivity contribution is 5.99. The molecule has 10 heterocycles. The lowest BCUT2D eigenvalue weighted by atomic mass is 10.1. The van der Waals surface area contributed by atoms with Gasteiger partial charge in [0.25, 0.3) is 23.6 Å². The van der Waals surface area contributed by atoms with Crippen LogP contribution in [-0.4, -0.2) is 177 Å². The maximum absolute atomic E-state index is 13.6. The standard InChI is InChI=1S/C32H42N8O4.C26H32N8O2.4CH4/c1-19-13-26(33-16-24(19)28(41)38-17-22-11-12-23(18-38)39(22)31(43)44-32(2,3)4)35-30-34-15-20-14-25(29(42)37(5)6)40(27(20)36-30)21-9-7-8-10-21;1-32(2)25(36)21-11-17-13-28-26(31-23(17)34(21)20-5-3-4-6-20)30-22-10-7-16(12-27-22)24(35)33-14-18-8-9-19(15-33)29-18;;;;/h13-16,21-23H,7-12,17-18H2,1-6H3,(H,33,34,35,36);7,10-13,18-20,29H,3-6,8-9,14-15H2,1-2H3,(H,27,28,30,31);4*1H4. The van der Waals surface area contributed by atoms with Gasteiger partial charge in [0.1, 0.15) is 39.9 Å². The number of aromatic nitrogens is 8. The van der Waals surface area contributed by atoms with Gasteiger partial charge in [0.2, 0.25) is 11.9 Å². The molecule has 2 aliphatic carbocycles. The Balaban J connectivity index is 0.000000234. The summed E-state index contributed by atoms with van der Waals surface area (Å²) in [5, 5.41) is 11.6. The number of anilines is 4. The molecule has 4 atom stereocenters. The molecule has 454 valence electrons. The second-order valence-corrected chi connectivity index (χ2v) is 23.9. The van der Waals surface area contributed by atoms with Crippen LogP contribution in [-0.2, 0) is 4.74 Å². The van der Waals surface area contributed by atoms with Crippen molar-refractivity contribution in [1.82, 2.24) is 68.9 Å². The number of pyridine rings is 2.